The molecular formula is C19H32IN5O. The largest absolute Gasteiger partial charge is 0.357 e. The molecule has 1 saturated heterocycles. The predicted octanol–water partition coefficient (Wildman–Crippen LogP) is 2.54. The van der Waals surface area contributed by atoms with E-state index in [-0.39, 0.29) is 41.5 Å². The van der Waals surface area contributed by atoms with E-state index in [1.807, 2.05) is 17.0 Å². The minimum absolute atomic E-state index is 0. The first-order valence-electron chi connectivity index (χ1n) is 9.09. The molecule has 0 aromatic carbocycles. The minimum atomic E-state index is -0.217. The SMILES string of the molecule is CCNC(=NCCc1ccncc1)N1CC(=O)N(C(C)C)C(C)(C)C1.I. The van der Waals surface area contributed by atoms with Crippen molar-refractivity contribution < 1.29 is 4.79 Å². The summed E-state index contributed by atoms with van der Waals surface area (Å²) in [7, 11) is 0. The third-order valence-corrected chi connectivity index (χ3v) is 4.39. The lowest BCUT2D eigenvalue weighted by molar-refractivity contribution is -0.145. The zero-order valence-electron chi connectivity index (χ0n) is 16.5. The average molecular weight is 473 g/mol. The highest BCUT2D eigenvalue weighted by atomic mass is 127. The van der Waals surface area contributed by atoms with Crippen LogP contribution in [0.3, 0.4) is 0 Å². The summed E-state index contributed by atoms with van der Waals surface area (Å²) in [5.41, 5.74) is 1.00. The van der Waals surface area contributed by atoms with Crippen LogP contribution in [-0.2, 0) is 11.2 Å². The van der Waals surface area contributed by atoms with Gasteiger partial charge in [0.15, 0.2) is 5.96 Å². The summed E-state index contributed by atoms with van der Waals surface area (Å²) in [6.07, 6.45) is 4.47. The predicted molar refractivity (Wildman–Crippen MR) is 117 cm³/mol. The summed E-state index contributed by atoms with van der Waals surface area (Å²) < 4.78 is 0. The maximum Gasteiger partial charge on any atom is 0.242 e. The van der Waals surface area contributed by atoms with Gasteiger partial charge in [-0.05, 0) is 58.7 Å². The molecule has 146 valence electrons. The summed E-state index contributed by atoms with van der Waals surface area (Å²) in [6.45, 7) is 13.1. The zero-order chi connectivity index (χ0) is 18.4. The van der Waals surface area contributed by atoms with E-state index >= 15 is 0 Å². The molecule has 0 radical (unpaired) electrons. The van der Waals surface area contributed by atoms with E-state index in [0.29, 0.717) is 13.1 Å². The van der Waals surface area contributed by atoms with Crippen LogP contribution in [-0.4, -0.2) is 64.4 Å². The van der Waals surface area contributed by atoms with Crippen LogP contribution in [0.2, 0.25) is 0 Å². The van der Waals surface area contributed by atoms with Gasteiger partial charge in [-0.25, -0.2) is 0 Å². The molecule has 1 aliphatic rings. The van der Waals surface area contributed by atoms with Crippen molar-refractivity contribution in [1.29, 1.82) is 0 Å². The Balaban J connectivity index is 0.00000338. The first-order chi connectivity index (χ1) is 11.8. The van der Waals surface area contributed by atoms with Crippen LogP contribution >= 0.6 is 24.0 Å². The summed E-state index contributed by atoms with van der Waals surface area (Å²) in [5, 5.41) is 3.33. The topological polar surface area (TPSA) is 60.8 Å². The highest BCUT2D eigenvalue weighted by molar-refractivity contribution is 14.0. The molecule has 6 nitrogen and oxygen atoms in total. The number of hydrogen-bond acceptors (Lipinski definition) is 3. The molecule has 0 spiro atoms. The number of aliphatic imine (C=N–C) groups is 1. The molecule has 0 unspecified atom stereocenters. The molecule has 1 fully saturated rings. The number of amides is 1. The zero-order valence-corrected chi connectivity index (χ0v) is 18.9. The van der Waals surface area contributed by atoms with E-state index in [1.54, 1.807) is 12.4 Å². The van der Waals surface area contributed by atoms with Crippen molar-refractivity contribution >= 4 is 35.8 Å². The van der Waals surface area contributed by atoms with E-state index in [9.17, 15) is 4.79 Å². The number of carbonyl (C=O) groups excluding carboxylic acids is 1. The number of piperazine rings is 1. The Morgan fingerprint density at radius 1 is 1.35 bits per heavy atom. The fourth-order valence-corrected chi connectivity index (χ4v) is 3.58. The molecule has 1 aliphatic heterocycles. The van der Waals surface area contributed by atoms with E-state index in [4.69, 9.17) is 4.99 Å². The molecule has 1 N–H and O–H groups in total. The monoisotopic (exact) mass is 473 g/mol. The normalized spacial score (nSPS) is 17.3. The standard InChI is InChI=1S/C19H31N5O.HI/c1-6-21-18(22-12-9-16-7-10-20-11-8-16)23-13-17(25)24(15(2)3)19(4,5)14-23;/h7-8,10-11,15H,6,9,12-14H2,1-5H3,(H,21,22);1H. The van der Waals surface area contributed by atoms with E-state index in [1.165, 1.54) is 5.56 Å². The van der Waals surface area contributed by atoms with Gasteiger partial charge < -0.3 is 15.1 Å². The molecule has 1 aromatic rings. The molecule has 0 bridgehead atoms. The molecular weight excluding hydrogens is 441 g/mol. The fraction of sp³-hybridized carbons (Fsp3) is 0.632. The van der Waals surface area contributed by atoms with Gasteiger partial charge in [-0.1, -0.05) is 0 Å². The van der Waals surface area contributed by atoms with E-state index in [0.717, 1.165) is 25.5 Å². The summed E-state index contributed by atoms with van der Waals surface area (Å²) in [6, 6.07) is 4.23. The molecule has 7 heteroatoms. The molecule has 1 amide bonds. The second-order valence-electron chi connectivity index (χ2n) is 7.37. The highest BCUT2D eigenvalue weighted by Crippen LogP contribution is 2.24. The molecule has 0 aliphatic carbocycles. The number of carbonyl (C=O) groups is 1. The van der Waals surface area contributed by atoms with Crippen molar-refractivity contribution in [3.8, 4) is 0 Å². The number of rotatable bonds is 5. The van der Waals surface area contributed by atoms with Gasteiger partial charge in [-0.15, -0.1) is 24.0 Å². The molecule has 1 aromatic heterocycles. The van der Waals surface area contributed by atoms with Gasteiger partial charge in [0.25, 0.3) is 0 Å². The van der Waals surface area contributed by atoms with Gasteiger partial charge in [0.2, 0.25) is 5.91 Å². The van der Waals surface area contributed by atoms with Crippen LogP contribution in [0.15, 0.2) is 29.5 Å². The van der Waals surface area contributed by atoms with Crippen LogP contribution < -0.4 is 5.32 Å². The second kappa shape index (κ2) is 10.1. The van der Waals surface area contributed by atoms with E-state index in [2.05, 4.69) is 49.8 Å². The van der Waals surface area contributed by atoms with Crippen LogP contribution in [0, 0.1) is 0 Å². The van der Waals surface area contributed by atoms with Gasteiger partial charge in [-0.2, -0.15) is 0 Å². The van der Waals surface area contributed by atoms with Gasteiger partial charge in [0, 0.05) is 38.1 Å². The average Bonchev–Trinajstić information content (AvgIpc) is 2.53. The van der Waals surface area contributed by atoms with E-state index < -0.39 is 0 Å². The van der Waals surface area contributed by atoms with Gasteiger partial charge in [0.1, 0.15) is 0 Å². The smallest absolute Gasteiger partial charge is 0.242 e. The molecule has 2 heterocycles. The summed E-state index contributed by atoms with van der Waals surface area (Å²) >= 11 is 0. The Bertz CT molecular complexity index is 603. The van der Waals surface area contributed by atoms with Crippen molar-refractivity contribution in [2.24, 2.45) is 4.99 Å². The van der Waals surface area contributed by atoms with Crippen molar-refractivity contribution in [2.75, 3.05) is 26.2 Å². The number of guanidine groups is 1. The third kappa shape index (κ3) is 5.82. The molecule has 0 saturated carbocycles. The van der Waals surface area contributed by atoms with Crippen molar-refractivity contribution in [1.82, 2.24) is 20.1 Å². The molecule has 0 atom stereocenters. The quantitative estimate of drug-likeness (QED) is 0.406. The lowest BCUT2D eigenvalue weighted by Gasteiger charge is -2.49. The fourth-order valence-electron chi connectivity index (χ4n) is 3.58. The Hall–Kier alpha value is -1.38. The Labute approximate surface area is 174 Å². The van der Waals surface area contributed by atoms with Crippen LogP contribution in [0.25, 0.3) is 0 Å². The number of hydrogen-bond donors (Lipinski definition) is 1. The van der Waals surface area contributed by atoms with Crippen molar-refractivity contribution in [3.05, 3.63) is 30.1 Å². The third-order valence-electron chi connectivity index (χ3n) is 4.39. The second-order valence-corrected chi connectivity index (χ2v) is 7.37. The summed E-state index contributed by atoms with van der Waals surface area (Å²) in [5.74, 6) is 0.979. The van der Waals surface area contributed by atoms with Crippen molar-refractivity contribution in [3.63, 3.8) is 0 Å². The molecule has 2 rings (SSSR count). The van der Waals surface area contributed by atoms with Gasteiger partial charge in [0.05, 0.1) is 12.1 Å². The number of nitrogens with zero attached hydrogens (tertiary/aromatic N) is 4. The number of aromatic nitrogens is 1. The van der Waals surface area contributed by atoms with Crippen LogP contribution in [0.4, 0.5) is 0 Å². The first-order valence-corrected chi connectivity index (χ1v) is 9.09. The van der Waals surface area contributed by atoms with Crippen LogP contribution in [0.5, 0.6) is 0 Å². The van der Waals surface area contributed by atoms with Gasteiger partial charge in [-0.3, -0.25) is 14.8 Å². The maximum absolute atomic E-state index is 12.7. The lowest BCUT2D eigenvalue weighted by Crippen LogP contribution is -2.66. The minimum Gasteiger partial charge on any atom is -0.357 e. The van der Waals surface area contributed by atoms with Gasteiger partial charge >= 0.3 is 0 Å². The van der Waals surface area contributed by atoms with Crippen LogP contribution in [0.1, 0.15) is 40.2 Å². The highest BCUT2D eigenvalue weighted by Gasteiger charge is 2.40. The Kier molecular flexibility index (Phi) is 8.79. The number of pyridine rings is 1. The number of nitrogens with one attached hydrogen (secondary N) is 1. The summed E-state index contributed by atoms with van der Waals surface area (Å²) in [4.78, 5) is 25.5. The lowest BCUT2D eigenvalue weighted by atomic mass is 9.96. The Morgan fingerprint density at radius 2 is 2.00 bits per heavy atom. The maximum atomic E-state index is 12.7. The Morgan fingerprint density at radius 3 is 2.54 bits per heavy atom. The molecule has 26 heavy (non-hydrogen) atoms. The van der Waals surface area contributed by atoms with Crippen molar-refractivity contribution in [2.45, 2.75) is 52.6 Å². The number of halogens is 1. The first kappa shape index (κ1) is 22.7.